The van der Waals surface area contributed by atoms with Gasteiger partial charge in [0.1, 0.15) is 11.6 Å². The molecule has 0 amide bonds. The van der Waals surface area contributed by atoms with E-state index in [2.05, 4.69) is 5.32 Å². The first kappa shape index (κ1) is 13.7. The molecule has 3 nitrogen and oxygen atoms in total. The molecule has 1 atom stereocenters. The zero-order valence-electron chi connectivity index (χ0n) is 9.30. The first-order valence-electron chi connectivity index (χ1n) is 4.93. The Balaban J connectivity index is 2.66. The van der Waals surface area contributed by atoms with Crippen LogP contribution < -0.4 is 5.32 Å². The van der Waals surface area contributed by atoms with Crippen LogP contribution in [0.25, 0.3) is 0 Å². The summed E-state index contributed by atoms with van der Waals surface area (Å²) < 4.78 is 37.5. The van der Waals surface area contributed by atoms with E-state index in [1.807, 2.05) is 0 Å². The first-order chi connectivity index (χ1) is 8.04. The summed E-state index contributed by atoms with van der Waals surface area (Å²) in [7, 11) is -0.932. The van der Waals surface area contributed by atoms with Crippen LogP contribution in [0.5, 0.6) is 0 Å². The van der Waals surface area contributed by atoms with Crippen molar-refractivity contribution >= 4 is 10.8 Å². The van der Waals surface area contributed by atoms with Crippen LogP contribution in [0.1, 0.15) is 11.1 Å². The third kappa shape index (κ3) is 4.21. The molecule has 1 unspecified atom stereocenters. The normalized spacial score (nSPS) is 12.1. The topological polar surface area (TPSA) is 52.9 Å². The Morgan fingerprint density at radius 1 is 1.41 bits per heavy atom. The molecular weight excluding hydrogens is 246 g/mol. The molecule has 92 valence electrons. The smallest absolute Gasteiger partial charge is 0.131 e. The minimum Gasteiger partial charge on any atom is -0.312 e. The van der Waals surface area contributed by atoms with E-state index in [0.29, 0.717) is 12.3 Å². The molecule has 0 spiro atoms. The van der Waals surface area contributed by atoms with Gasteiger partial charge in [0.05, 0.1) is 11.6 Å². The summed E-state index contributed by atoms with van der Waals surface area (Å²) in [6.45, 7) is 0.433. The maximum atomic E-state index is 13.4. The van der Waals surface area contributed by atoms with E-state index < -0.39 is 22.4 Å². The summed E-state index contributed by atoms with van der Waals surface area (Å²) in [6.07, 6.45) is 1.56. The van der Waals surface area contributed by atoms with Gasteiger partial charge >= 0.3 is 0 Å². The van der Waals surface area contributed by atoms with Crippen LogP contribution in [-0.4, -0.2) is 22.8 Å². The highest BCUT2D eigenvalue weighted by Crippen LogP contribution is 2.14. The molecule has 0 aliphatic carbocycles. The van der Waals surface area contributed by atoms with Gasteiger partial charge in [-0.1, -0.05) is 0 Å². The maximum absolute atomic E-state index is 13.4. The average molecular weight is 258 g/mol. The van der Waals surface area contributed by atoms with E-state index >= 15 is 0 Å². The lowest BCUT2D eigenvalue weighted by Crippen LogP contribution is -2.21. The molecular formula is C11H12F2N2OS. The van der Waals surface area contributed by atoms with Crippen molar-refractivity contribution in [2.45, 2.75) is 6.54 Å². The number of halogens is 2. The molecule has 0 bridgehead atoms. The van der Waals surface area contributed by atoms with Gasteiger partial charge in [-0.05, 0) is 12.1 Å². The van der Waals surface area contributed by atoms with Crippen LogP contribution >= 0.6 is 0 Å². The van der Waals surface area contributed by atoms with Gasteiger partial charge in [-0.15, -0.1) is 0 Å². The fourth-order valence-corrected chi connectivity index (χ4v) is 1.70. The van der Waals surface area contributed by atoms with Crippen LogP contribution in [0.3, 0.4) is 0 Å². The molecule has 1 N–H and O–H groups in total. The molecule has 1 aromatic rings. The molecule has 0 aromatic heterocycles. The van der Waals surface area contributed by atoms with E-state index in [0.717, 1.165) is 12.1 Å². The minimum atomic E-state index is -0.932. The fraction of sp³-hybridized carbons (Fsp3) is 0.364. The third-order valence-electron chi connectivity index (χ3n) is 2.14. The Hall–Kier alpha value is -1.32. The van der Waals surface area contributed by atoms with Gasteiger partial charge in [0.15, 0.2) is 0 Å². The van der Waals surface area contributed by atoms with Crippen LogP contribution in [0.2, 0.25) is 0 Å². The molecule has 0 saturated heterocycles. The Bertz CT molecular complexity index is 448. The van der Waals surface area contributed by atoms with E-state index in [4.69, 9.17) is 5.26 Å². The summed E-state index contributed by atoms with van der Waals surface area (Å²) in [4.78, 5) is 0. The lowest BCUT2D eigenvalue weighted by Gasteiger charge is -2.06. The Labute approximate surface area is 101 Å². The fourth-order valence-electron chi connectivity index (χ4n) is 1.27. The lowest BCUT2D eigenvalue weighted by molar-refractivity contribution is 0.539. The van der Waals surface area contributed by atoms with Gasteiger partial charge in [-0.25, -0.2) is 8.78 Å². The van der Waals surface area contributed by atoms with Crippen LogP contribution in [0.4, 0.5) is 8.78 Å². The van der Waals surface area contributed by atoms with Gasteiger partial charge in [-0.3, -0.25) is 4.21 Å². The molecule has 0 aliphatic rings. The van der Waals surface area contributed by atoms with Crippen LogP contribution in [-0.2, 0) is 17.3 Å². The summed E-state index contributed by atoms with van der Waals surface area (Å²) in [5, 5.41) is 11.3. The molecule has 0 fully saturated rings. The van der Waals surface area contributed by atoms with Crippen molar-refractivity contribution in [3.05, 3.63) is 34.9 Å². The van der Waals surface area contributed by atoms with E-state index in [-0.39, 0.29) is 17.7 Å². The maximum Gasteiger partial charge on any atom is 0.131 e. The van der Waals surface area contributed by atoms with Crippen molar-refractivity contribution < 1.29 is 13.0 Å². The Morgan fingerprint density at radius 3 is 2.47 bits per heavy atom. The second-order valence-corrected chi connectivity index (χ2v) is 5.04. The lowest BCUT2D eigenvalue weighted by atomic mass is 10.1. The van der Waals surface area contributed by atoms with Crippen LogP contribution in [0.15, 0.2) is 12.1 Å². The van der Waals surface area contributed by atoms with Crippen molar-refractivity contribution in [1.29, 1.82) is 5.26 Å². The predicted molar refractivity (Wildman–Crippen MR) is 61.7 cm³/mol. The van der Waals surface area contributed by atoms with Crippen molar-refractivity contribution in [1.82, 2.24) is 5.32 Å². The van der Waals surface area contributed by atoms with Gasteiger partial charge in [0, 0.05) is 41.5 Å². The number of nitrogens with zero attached hydrogens (tertiary/aromatic N) is 1. The van der Waals surface area contributed by atoms with E-state index in [9.17, 15) is 13.0 Å². The van der Waals surface area contributed by atoms with Gasteiger partial charge in [0.25, 0.3) is 0 Å². The average Bonchev–Trinajstić information content (AvgIpc) is 2.26. The Kier molecular flexibility index (Phi) is 5.19. The highest BCUT2D eigenvalue weighted by Gasteiger charge is 2.10. The van der Waals surface area contributed by atoms with Crippen molar-refractivity contribution in [3.63, 3.8) is 0 Å². The third-order valence-corrected chi connectivity index (χ3v) is 2.92. The molecule has 6 heteroatoms. The molecule has 0 aliphatic heterocycles. The minimum absolute atomic E-state index is 0.0145. The number of nitrogens with one attached hydrogen (secondary N) is 1. The van der Waals surface area contributed by atoms with Crippen LogP contribution in [0, 0.1) is 23.0 Å². The van der Waals surface area contributed by atoms with E-state index in [1.54, 1.807) is 12.3 Å². The molecule has 1 aromatic carbocycles. The largest absolute Gasteiger partial charge is 0.312 e. The first-order valence-corrected chi connectivity index (χ1v) is 6.66. The van der Waals surface area contributed by atoms with Gasteiger partial charge < -0.3 is 5.32 Å². The number of hydrogen-bond donors (Lipinski definition) is 1. The highest BCUT2D eigenvalue weighted by molar-refractivity contribution is 7.84. The number of hydrogen-bond acceptors (Lipinski definition) is 3. The molecule has 0 radical (unpaired) electrons. The number of rotatable bonds is 5. The summed E-state index contributed by atoms with van der Waals surface area (Å²) in [5.74, 6) is -1.06. The standard InChI is InChI=1S/C11H12F2N2OS/c1-17(16)3-2-15-7-9-10(12)4-8(6-14)5-11(9)13/h4-5,15H,2-3,7H2,1H3. The molecule has 17 heavy (non-hydrogen) atoms. The zero-order valence-corrected chi connectivity index (χ0v) is 10.1. The van der Waals surface area contributed by atoms with E-state index in [1.165, 1.54) is 0 Å². The SMILES string of the molecule is CS(=O)CCNCc1c(F)cc(C#N)cc1F. The summed E-state index contributed by atoms with van der Waals surface area (Å²) in [6, 6.07) is 3.67. The zero-order chi connectivity index (χ0) is 12.8. The quantitative estimate of drug-likeness (QED) is 0.810. The molecule has 1 rings (SSSR count). The number of benzene rings is 1. The Morgan fingerprint density at radius 2 is 2.00 bits per heavy atom. The molecule has 0 saturated carbocycles. The van der Waals surface area contributed by atoms with Crippen molar-refractivity contribution in [2.24, 2.45) is 0 Å². The van der Waals surface area contributed by atoms with Gasteiger partial charge in [0.2, 0.25) is 0 Å². The number of nitriles is 1. The second-order valence-electron chi connectivity index (χ2n) is 3.48. The van der Waals surface area contributed by atoms with Crippen molar-refractivity contribution in [2.75, 3.05) is 18.6 Å². The second kappa shape index (κ2) is 6.42. The van der Waals surface area contributed by atoms with Gasteiger partial charge in [-0.2, -0.15) is 5.26 Å². The van der Waals surface area contributed by atoms with Crippen molar-refractivity contribution in [3.8, 4) is 6.07 Å². The summed E-state index contributed by atoms with van der Waals surface area (Å²) >= 11 is 0. The molecule has 0 heterocycles. The highest BCUT2D eigenvalue weighted by atomic mass is 32.2. The summed E-state index contributed by atoms with van der Waals surface area (Å²) in [5.41, 5.74) is -0.149. The monoisotopic (exact) mass is 258 g/mol. The predicted octanol–water partition coefficient (Wildman–Crippen LogP) is 1.30.